The van der Waals surface area contributed by atoms with Crippen molar-refractivity contribution in [3.05, 3.63) is 0 Å². The van der Waals surface area contributed by atoms with Gasteiger partial charge in [-0.05, 0) is 58.5 Å². The molecular formula is C13H25NO3S. The van der Waals surface area contributed by atoms with E-state index in [-0.39, 0.29) is 12.2 Å². The quantitative estimate of drug-likeness (QED) is 0.741. The molecule has 1 heterocycles. The van der Waals surface area contributed by atoms with Gasteiger partial charge in [0.15, 0.2) is 0 Å². The lowest BCUT2D eigenvalue weighted by atomic mass is 9.92. The predicted octanol–water partition coefficient (Wildman–Crippen LogP) is 3.32. The van der Waals surface area contributed by atoms with Crippen molar-refractivity contribution in [2.24, 2.45) is 5.92 Å². The van der Waals surface area contributed by atoms with E-state index in [1.807, 2.05) is 27.0 Å². The SMILES string of the molecule is CSOC(C)C1CCN(C(=O)OC(C)(C)C)CC1. The number of nitrogens with zero attached hydrogens (tertiary/aromatic N) is 1. The molecule has 5 heteroatoms. The van der Waals surface area contributed by atoms with Gasteiger partial charge in [-0.3, -0.25) is 0 Å². The van der Waals surface area contributed by atoms with Gasteiger partial charge in [0, 0.05) is 19.3 Å². The minimum absolute atomic E-state index is 0.195. The highest BCUT2D eigenvalue weighted by molar-refractivity contribution is 7.93. The molecule has 1 fully saturated rings. The maximum Gasteiger partial charge on any atom is 0.410 e. The minimum atomic E-state index is -0.414. The standard InChI is InChI=1S/C13H25NO3S/c1-10(17-18-5)11-6-8-14(9-7-11)12(15)16-13(2,3)4/h10-11H,6-9H2,1-5H3. The highest BCUT2D eigenvalue weighted by atomic mass is 32.2. The van der Waals surface area contributed by atoms with Crippen LogP contribution in [0.5, 0.6) is 0 Å². The van der Waals surface area contributed by atoms with Gasteiger partial charge in [-0.25, -0.2) is 4.79 Å². The zero-order valence-corrected chi connectivity index (χ0v) is 12.9. The highest BCUT2D eigenvalue weighted by Gasteiger charge is 2.29. The Morgan fingerprint density at radius 1 is 1.33 bits per heavy atom. The lowest BCUT2D eigenvalue weighted by Gasteiger charge is -2.35. The van der Waals surface area contributed by atoms with Crippen LogP contribution in [-0.2, 0) is 8.92 Å². The number of rotatable bonds is 3. The molecule has 1 aliphatic heterocycles. The molecular weight excluding hydrogens is 250 g/mol. The maximum atomic E-state index is 11.9. The Morgan fingerprint density at radius 3 is 2.33 bits per heavy atom. The molecule has 4 nitrogen and oxygen atoms in total. The molecule has 0 bridgehead atoms. The Bertz CT molecular complexity index is 270. The van der Waals surface area contributed by atoms with Crippen LogP contribution in [0.25, 0.3) is 0 Å². The monoisotopic (exact) mass is 275 g/mol. The summed E-state index contributed by atoms with van der Waals surface area (Å²) in [4.78, 5) is 13.7. The van der Waals surface area contributed by atoms with E-state index in [0.29, 0.717) is 5.92 Å². The van der Waals surface area contributed by atoms with Crippen molar-refractivity contribution < 1.29 is 13.7 Å². The first kappa shape index (κ1) is 15.6. The normalized spacial score (nSPS) is 19.7. The Hall–Kier alpha value is -0.420. The van der Waals surface area contributed by atoms with Crippen molar-refractivity contribution in [1.82, 2.24) is 4.90 Å². The van der Waals surface area contributed by atoms with Crippen LogP contribution < -0.4 is 0 Å². The van der Waals surface area contributed by atoms with E-state index >= 15 is 0 Å². The third-order valence-electron chi connectivity index (χ3n) is 3.10. The summed E-state index contributed by atoms with van der Waals surface area (Å²) in [5, 5.41) is 0. The first-order valence-corrected chi connectivity index (χ1v) is 7.66. The van der Waals surface area contributed by atoms with E-state index < -0.39 is 5.60 Å². The van der Waals surface area contributed by atoms with Crippen LogP contribution in [0.2, 0.25) is 0 Å². The molecule has 1 rings (SSSR count). The van der Waals surface area contributed by atoms with Crippen molar-refractivity contribution in [3.63, 3.8) is 0 Å². The summed E-state index contributed by atoms with van der Waals surface area (Å²) in [6.45, 7) is 9.32. The first-order valence-electron chi connectivity index (χ1n) is 6.51. The van der Waals surface area contributed by atoms with E-state index in [2.05, 4.69) is 6.92 Å². The molecule has 0 aliphatic carbocycles. The van der Waals surface area contributed by atoms with Gasteiger partial charge in [0.1, 0.15) is 5.60 Å². The third-order valence-corrected chi connectivity index (χ3v) is 3.60. The zero-order chi connectivity index (χ0) is 13.8. The molecule has 1 atom stereocenters. The minimum Gasteiger partial charge on any atom is -0.444 e. The second kappa shape index (κ2) is 6.66. The lowest BCUT2D eigenvalue weighted by molar-refractivity contribution is 0.0132. The van der Waals surface area contributed by atoms with Crippen LogP contribution in [0.4, 0.5) is 4.79 Å². The Balaban J connectivity index is 2.37. The van der Waals surface area contributed by atoms with Gasteiger partial charge in [-0.1, -0.05) is 0 Å². The Kier molecular flexibility index (Phi) is 5.79. The van der Waals surface area contributed by atoms with Gasteiger partial charge in [-0.2, -0.15) is 0 Å². The Labute approximate surface area is 115 Å². The van der Waals surface area contributed by atoms with Crippen molar-refractivity contribution in [1.29, 1.82) is 0 Å². The number of ether oxygens (including phenoxy) is 1. The second-order valence-corrected chi connectivity index (χ2v) is 6.30. The number of carbonyl (C=O) groups is 1. The fraction of sp³-hybridized carbons (Fsp3) is 0.923. The maximum absolute atomic E-state index is 11.9. The number of piperidine rings is 1. The van der Waals surface area contributed by atoms with E-state index in [1.165, 1.54) is 12.0 Å². The van der Waals surface area contributed by atoms with Crippen LogP contribution in [0.1, 0.15) is 40.5 Å². The summed E-state index contributed by atoms with van der Waals surface area (Å²) in [6.07, 6.45) is 3.97. The van der Waals surface area contributed by atoms with Crippen molar-refractivity contribution in [2.75, 3.05) is 19.3 Å². The summed E-state index contributed by atoms with van der Waals surface area (Å²) < 4.78 is 10.9. The van der Waals surface area contributed by atoms with Gasteiger partial charge in [0.2, 0.25) is 0 Å². The predicted molar refractivity (Wildman–Crippen MR) is 74.6 cm³/mol. The third kappa shape index (κ3) is 5.06. The van der Waals surface area contributed by atoms with Crippen LogP contribution in [0, 0.1) is 5.92 Å². The molecule has 0 spiro atoms. The van der Waals surface area contributed by atoms with Gasteiger partial charge >= 0.3 is 6.09 Å². The largest absolute Gasteiger partial charge is 0.444 e. The highest BCUT2D eigenvalue weighted by Crippen LogP contribution is 2.25. The molecule has 0 N–H and O–H groups in total. The Morgan fingerprint density at radius 2 is 1.89 bits per heavy atom. The van der Waals surface area contributed by atoms with Gasteiger partial charge < -0.3 is 13.8 Å². The van der Waals surface area contributed by atoms with Crippen molar-refractivity contribution in [3.8, 4) is 0 Å². The fourth-order valence-electron chi connectivity index (χ4n) is 2.11. The van der Waals surface area contributed by atoms with E-state index in [4.69, 9.17) is 8.92 Å². The molecule has 0 radical (unpaired) electrons. The van der Waals surface area contributed by atoms with Crippen LogP contribution in [0.15, 0.2) is 0 Å². The van der Waals surface area contributed by atoms with Crippen LogP contribution >= 0.6 is 12.0 Å². The number of carbonyl (C=O) groups excluding carboxylic acids is 1. The van der Waals surface area contributed by atoms with E-state index in [1.54, 1.807) is 4.90 Å². The first-order chi connectivity index (χ1) is 8.33. The smallest absolute Gasteiger partial charge is 0.410 e. The molecule has 1 aliphatic rings. The van der Waals surface area contributed by atoms with Gasteiger partial charge in [0.05, 0.1) is 6.10 Å². The molecule has 18 heavy (non-hydrogen) atoms. The summed E-state index contributed by atoms with van der Waals surface area (Å²) in [6, 6.07) is 0. The summed E-state index contributed by atoms with van der Waals surface area (Å²) in [5.41, 5.74) is -0.414. The second-order valence-electron chi connectivity index (χ2n) is 5.77. The summed E-state index contributed by atoms with van der Waals surface area (Å²) in [7, 11) is 0. The molecule has 1 unspecified atom stereocenters. The average Bonchev–Trinajstić information content (AvgIpc) is 2.27. The number of hydrogen-bond donors (Lipinski definition) is 0. The van der Waals surface area contributed by atoms with Gasteiger partial charge in [0.25, 0.3) is 0 Å². The van der Waals surface area contributed by atoms with E-state index in [9.17, 15) is 4.79 Å². The lowest BCUT2D eigenvalue weighted by Crippen LogP contribution is -2.43. The fourth-order valence-corrected chi connectivity index (χ4v) is 2.57. The number of likely N-dealkylation sites (tertiary alicyclic amines) is 1. The zero-order valence-electron chi connectivity index (χ0n) is 12.1. The molecule has 0 aromatic heterocycles. The molecule has 0 aromatic rings. The summed E-state index contributed by atoms with van der Waals surface area (Å²) >= 11 is 1.41. The summed E-state index contributed by atoms with van der Waals surface area (Å²) in [5.74, 6) is 0.538. The molecule has 106 valence electrons. The molecule has 1 saturated heterocycles. The number of hydrogen-bond acceptors (Lipinski definition) is 4. The van der Waals surface area contributed by atoms with Gasteiger partial charge in [-0.15, -0.1) is 0 Å². The topological polar surface area (TPSA) is 38.8 Å². The van der Waals surface area contributed by atoms with Crippen molar-refractivity contribution >= 4 is 18.1 Å². The molecule has 0 aromatic carbocycles. The average molecular weight is 275 g/mol. The van der Waals surface area contributed by atoms with E-state index in [0.717, 1.165) is 25.9 Å². The molecule has 1 amide bonds. The van der Waals surface area contributed by atoms with Crippen LogP contribution in [0.3, 0.4) is 0 Å². The molecule has 0 saturated carbocycles. The van der Waals surface area contributed by atoms with Crippen LogP contribution in [-0.4, -0.2) is 42.0 Å². The number of amides is 1. The van der Waals surface area contributed by atoms with Crippen molar-refractivity contribution in [2.45, 2.75) is 52.2 Å².